The maximum atomic E-state index is 11.8. The maximum Gasteiger partial charge on any atom is 0.299 e. The van der Waals surface area contributed by atoms with Gasteiger partial charge in [-0.05, 0) is 17.7 Å². The summed E-state index contributed by atoms with van der Waals surface area (Å²) in [5, 5.41) is 30.0. The Morgan fingerprint density at radius 1 is 1.35 bits per heavy atom. The first-order valence-electron chi connectivity index (χ1n) is 6.54. The lowest BCUT2D eigenvalue weighted by Crippen LogP contribution is -2.55. The molecule has 0 amide bonds. The third kappa shape index (κ3) is 2.20. The van der Waals surface area contributed by atoms with Crippen LogP contribution in [0.1, 0.15) is 5.56 Å². The largest absolute Gasteiger partial charge is 0.388 e. The van der Waals surface area contributed by atoms with E-state index in [-0.39, 0.29) is 17.9 Å². The van der Waals surface area contributed by atoms with Crippen LogP contribution in [0.4, 0.5) is 0 Å². The fourth-order valence-corrected chi connectivity index (χ4v) is 4.14. The number of benzene rings is 1. The third-order valence-electron chi connectivity index (χ3n) is 4.06. The van der Waals surface area contributed by atoms with Gasteiger partial charge in [-0.15, -0.1) is 10.1 Å². The zero-order chi connectivity index (χ0) is 16.8. The summed E-state index contributed by atoms with van der Waals surface area (Å²) in [6, 6.07) is 4.97. The summed E-state index contributed by atoms with van der Waals surface area (Å²) in [6.07, 6.45) is -2.41. The first-order chi connectivity index (χ1) is 10.8. The van der Waals surface area contributed by atoms with Crippen molar-refractivity contribution in [3.8, 4) is 5.75 Å². The highest BCUT2D eigenvalue weighted by atomic mass is 32.2. The van der Waals surface area contributed by atoms with Gasteiger partial charge in [0.05, 0.1) is 13.2 Å². The SMILES string of the molecule is O=[N+]([O-])Oc1ccc([C@@]2(O)CO[C@@H]3[C@H](O)CO[C@@]32[SH](=O)=O)cc1. The minimum atomic E-state index is -3.32. The molecule has 23 heavy (non-hydrogen) atoms. The number of rotatable bonds is 4. The molecule has 10 nitrogen and oxygen atoms in total. The molecule has 1 aromatic rings. The number of ether oxygens (including phenoxy) is 2. The zero-order valence-electron chi connectivity index (χ0n) is 11.5. The molecule has 2 N–H and O–H groups in total. The highest BCUT2D eigenvalue weighted by Gasteiger charge is 2.71. The van der Waals surface area contributed by atoms with Gasteiger partial charge in [0.1, 0.15) is 18.0 Å². The molecular weight excluding hydrogens is 334 g/mol. The Balaban J connectivity index is 2.02. The van der Waals surface area contributed by atoms with Gasteiger partial charge in [0.15, 0.2) is 16.3 Å². The van der Waals surface area contributed by atoms with E-state index in [2.05, 4.69) is 4.84 Å². The Labute approximate surface area is 131 Å². The maximum absolute atomic E-state index is 11.8. The predicted octanol–water partition coefficient (Wildman–Crippen LogP) is -1.46. The molecule has 0 bridgehead atoms. The third-order valence-corrected chi connectivity index (χ3v) is 5.35. The molecule has 0 saturated carbocycles. The number of thiol groups is 1. The average molecular weight is 347 g/mol. The molecule has 2 saturated heterocycles. The van der Waals surface area contributed by atoms with E-state index >= 15 is 0 Å². The van der Waals surface area contributed by atoms with Crippen LogP contribution >= 0.6 is 0 Å². The monoisotopic (exact) mass is 347 g/mol. The summed E-state index contributed by atoms with van der Waals surface area (Å²) in [7, 11) is -3.32. The number of aliphatic hydroxyl groups excluding tert-OH is 1. The van der Waals surface area contributed by atoms with Gasteiger partial charge < -0.3 is 19.7 Å². The highest BCUT2D eigenvalue weighted by molar-refractivity contribution is 7.74. The Morgan fingerprint density at radius 3 is 2.57 bits per heavy atom. The lowest BCUT2D eigenvalue weighted by molar-refractivity contribution is -0.711. The highest BCUT2D eigenvalue weighted by Crippen LogP contribution is 2.50. The number of hydrogen-bond donors (Lipinski definition) is 3. The van der Waals surface area contributed by atoms with Gasteiger partial charge in [0, 0.05) is 0 Å². The predicted molar refractivity (Wildman–Crippen MR) is 72.7 cm³/mol. The second kappa shape index (κ2) is 5.39. The molecule has 126 valence electrons. The van der Waals surface area contributed by atoms with Crippen LogP contribution in [-0.2, 0) is 25.8 Å². The molecule has 0 aliphatic carbocycles. The molecule has 0 radical (unpaired) electrons. The van der Waals surface area contributed by atoms with Crippen LogP contribution in [0, 0.1) is 10.1 Å². The molecule has 2 aliphatic rings. The molecule has 2 aliphatic heterocycles. The minimum Gasteiger partial charge on any atom is -0.388 e. The Morgan fingerprint density at radius 2 is 2.00 bits per heavy atom. The quantitative estimate of drug-likeness (QED) is 0.338. The summed E-state index contributed by atoms with van der Waals surface area (Å²) in [5.74, 6) is -0.0919. The van der Waals surface area contributed by atoms with Crippen molar-refractivity contribution in [1.29, 1.82) is 0 Å². The van der Waals surface area contributed by atoms with E-state index in [0.29, 0.717) is 0 Å². The summed E-state index contributed by atoms with van der Waals surface area (Å²) in [6.45, 7) is -0.702. The fraction of sp³-hybridized carbons (Fsp3) is 0.500. The zero-order valence-corrected chi connectivity index (χ0v) is 12.4. The summed E-state index contributed by atoms with van der Waals surface area (Å²) in [4.78, 5) is 12.4. The molecule has 2 heterocycles. The van der Waals surface area contributed by atoms with Crippen molar-refractivity contribution in [3.63, 3.8) is 0 Å². The van der Waals surface area contributed by atoms with Crippen molar-refractivity contribution in [1.82, 2.24) is 0 Å². The molecule has 4 atom stereocenters. The summed E-state index contributed by atoms with van der Waals surface area (Å²) >= 11 is 0. The number of fused-ring (bicyclic) bond motifs is 1. The summed E-state index contributed by atoms with van der Waals surface area (Å²) < 4.78 is 34.1. The van der Waals surface area contributed by atoms with Crippen LogP contribution in [0.5, 0.6) is 5.75 Å². The lowest BCUT2D eigenvalue weighted by Gasteiger charge is -2.34. The summed E-state index contributed by atoms with van der Waals surface area (Å²) in [5.41, 5.74) is -1.94. The molecule has 0 spiro atoms. The van der Waals surface area contributed by atoms with Crippen molar-refractivity contribution >= 4 is 10.7 Å². The smallest absolute Gasteiger partial charge is 0.299 e. The average Bonchev–Trinajstić information content (AvgIpc) is 2.98. The minimum absolute atomic E-state index is 0.0919. The second-order valence-corrected chi connectivity index (χ2v) is 6.44. The molecule has 0 aromatic heterocycles. The van der Waals surface area contributed by atoms with Gasteiger partial charge in [0.25, 0.3) is 5.09 Å². The molecule has 3 rings (SSSR count). The molecule has 11 heteroatoms. The molecule has 1 aromatic carbocycles. The van der Waals surface area contributed by atoms with Crippen LogP contribution in [0.25, 0.3) is 0 Å². The van der Waals surface area contributed by atoms with E-state index in [0.717, 1.165) is 0 Å². The normalized spacial score (nSPS) is 36.1. The van der Waals surface area contributed by atoms with Crippen molar-refractivity contribution in [2.75, 3.05) is 13.2 Å². The van der Waals surface area contributed by atoms with Crippen molar-refractivity contribution in [3.05, 3.63) is 39.9 Å². The van der Waals surface area contributed by atoms with Crippen LogP contribution in [0.15, 0.2) is 24.3 Å². The Kier molecular flexibility index (Phi) is 3.77. The van der Waals surface area contributed by atoms with Gasteiger partial charge in [-0.3, -0.25) is 4.84 Å². The van der Waals surface area contributed by atoms with Crippen molar-refractivity contribution in [2.45, 2.75) is 22.7 Å². The van der Waals surface area contributed by atoms with Crippen LogP contribution < -0.4 is 4.84 Å². The van der Waals surface area contributed by atoms with E-state index < -0.39 is 45.1 Å². The van der Waals surface area contributed by atoms with Crippen LogP contribution in [0.2, 0.25) is 0 Å². The van der Waals surface area contributed by atoms with Crippen LogP contribution in [0.3, 0.4) is 0 Å². The van der Waals surface area contributed by atoms with E-state index in [1.165, 1.54) is 24.3 Å². The lowest BCUT2D eigenvalue weighted by atomic mass is 9.87. The van der Waals surface area contributed by atoms with E-state index in [4.69, 9.17) is 9.47 Å². The molecule has 2 fully saturated rings. The van der Waals surface area contributed by atoms with Gasteiger partial charge in [0.2, 0.25) is 4.93 Å². The fourth-order valence-electron chi connectivity index (χ4n) is 3.01. The second-order valence-electron chi connectivity index (χ2n) is 5.26. The number of hydrogen-bond acceptors (Lipinski definition) is 9. The standard InChI is InChI=1S/C12H13NO9S/c14-9-5-21-12(23(18)19)10(9)20-6-11(12,15)7-1-3-8(4-2-7)22-13(16)17/h1-4,9-10,14-15,23H,5-6H2/t9-,10-,11+,12-/m1/s1. The van der Waals surface area contributed by atoms with E-state index in [1.54, 1.807) is 0 Å². The Hall–Kier alpha value is -1.79. The molecular formula is C12H13NO9S. The molecule has 0 unspecified atom stereocenters. The van der Waals surface area contributed by atoms with Crippen molar-refractivity contribution < 1.29 is 38.0 Å². The van der Waals surface area contributed by atoms with Gasteiger partial charge in [-0.25, -0.2) is 8.42 Å². The number of aliphatic hydroxyl groups is 2. The van der Waals surface area contributed by atoms with E-state index in [9.17, 15) is 28.7 Å². The van der Waals surface area contributed by atoms with Crippen LogP contribution in [-0.4, -0.2) is 54.1 Å². The first kappa shape index (κ1) is 16.1. The van der Waals surface area contributed by atoms with Gasteiger partial charge in [-0.1, -0.05) is 12.1 Å². The van der Waals surface area contributed by atoms with E-state index in [1.807, 2.05) is 0 Å². The van der Waals surface area contributed by atoms with Gasteiger partial charge >= 0.3 is 0 Å². The van der Waals surface area contributed by atoms with Crippen molar-refractivity contribution in [2.24, 2.45) is 0 Å². The topological polar surface area (TPSA) is 145 Å². The number of nitrogens with zero attached hydrogens (tertiary/aromatic N) is 1. The Bertz CT molecular complexity index is 697. The van der Waals surface area contributed by atoms with Gasteiger partial charge in [-0.2, -0.15) is 0 Å². The first-order valence-corrected chi connectivity index (χ1v) is 7.72.